The molecule has 102 valence electrons. The summed E-state index contributed by atoms with van der Waals surface area (Å²) in [5.41, 5.74) is -1.13. The molecule has 2 saturated carbocycles. The van der Waals surface area contributed by atoms with Crippen molar-refractivity contribution in [3.8, 4) is 0 Å². The molecule has 0 aliphatic heterocycles. The number of fused-ring (bicyclic) bond motifs is 2. The highest BCUT2D eigenvalue weighted by atomic mass is 35.5. The number of nitro groups is 1. The van der Waals surface area contributed by atoms with Gasteiger partial charge in [-0.25, -0.2) is 4.98 Å². The van der Waals surface area contributed by atoms with E-state index < -0.39 is 10.5 Å². The second-order valence-electron chi connectivity index (χ2n) is 5.44. The fourth-order valence-corrected chi connectivity index (χ4v) is 3.31. The Bertz CT molecular complexity index is 543. The summed E-state index contributed by atoms with van der Waals surface area (Å²) < 4.78 is 0. The van der Waals surface area contributed by atoms with Gasteiger partial charge in [0.05, 0.1) is 10.5 Å². The number of anilines is 1. The summed E-state index contributed by atoms with van der Waals surface area (Å²) in [6.45, 7) is 0. The molecule has 0 spiro atoms. The van der Waals surface area contributed by atoms with Gasteiger partial charge in [-0.05, 0) is 43.7 Å². The van der Waals surface area contributed by atoms with E-state index in [1.807, 2.05) is 0 Å². The molecule has 0 amide bonds. The van der Waals surface area contributed by atoms with E-state index in [1.54, 1.807) is 0 Å². The number of hydrogen-bond donors (Lipinski definition) is 2. The highest BCUT2D eigenvalue weighted by Gasteiger charge is 2.54. The van der Waals surface area contributed by atoms with Crippen molar-refractivity contribution in [3.05, 3.63) is 21.6 Å². The molecule has 2 aliphatic carbocycles. The third kappa shape index (κ3) is 2.12. The Morgan fingerprint density at radius 3 is 2.63 bits per heavy atom. The van der Waals surface area contributed by atoms with Gasteiger partial charge in [-0.1, -0.05) is 0 Å². The van der Waals surface area contributed by atoms with Gasteiger partial charge < -0.3 is 10.4 Å². The minimum Gasteiger partial charge on any atom is -0.390 e. The molecule has 1 aromatic heterocycles. The lowest BCUT2D eigenvalue weighted by Crippen LogP contribution is -2.33. The van der Waals surface area contributed by atoms with Gasteiger partial charge >= 0.3 is 5.69 Å². The molecule has 2 N–H and O–H groups in total. The molecule has 2 bridgehead atoms. The molecular formula is C11H13ClN4O3. The Kier molecular flexibility index (Phi) is 2.65. The first kappa shape index (κ1) is 12.6. The van der Waals surface area contributed by atoms with E-state index in [4.69, 9.17) is 11.6 Å². The number of aromatic nitrogens is 2. The van der Waals surface area contributed by atoms with E-state index in [2.05, 4.69) is 15.3 Å². The van der Waals surface area contributed by atoms with E-state index in [1.165, 1.54) is 0 Å². The maximum absolute atomic E-state index is 11.0. The number of rotatable bonds is 3. The topological polar surface area (TPSA) is 101 Å². The molecular weight excluding hydrogens is 272 g/mol. The minimum absolute atomic E-state index is 0.0317. The molecule has 1 heterocycles. The highest BCUT2D eigenvalue weighted by molar-refractivity contribution is 6.28. The van der Waals surface area contributed by atoms with E-state index in [0.717, 1.165) is 19.0 Å². The van der Waals surface area contributed by atoms with Gasteiger partial charge in [0.1, 0.15) is 6.20 Å². The quantitative estimate of drug-likeness (QED) is 0.499. The van der Waals surface area contributed by atoms with Gasteiger partial charge in [-0.3, -0.25) is 10.1 Å². The Morgan fingerprint density at radius 1 is 1.42 bits per heavy atom. The summed E-state index contributed by atoms with van der Waals surface area (Å²) in [6, 6.07) is 0. The van der Waals surface area contributed by atoms with Crippen LogP contribution in [0.2, 0.25) is 5.28 Å². The molecule has 7 nitrogen and oxygen atoms in total. The third-order valence-corrected chi connectivity index (χ3v) is 4.31. The highest BCUT2D eigenvalue weighted by Crippen LogP contribution is 2.52. The van der Waals surface area contributed by atoms with Crippen LogP contribution >= 0.6 is 11.6 Å². The molecule has 0 aromatic carbocycles. The third-order valence-electron chi connectivity index (χ3n) is 4.13. The zero-order valence-corrected chi connectivity index (χ0v) is 10.9. The van der Waals surface area contributed by atoms with Crippen LogP contribution in [-0.4, -0.2) is 31.1 Å². The van der Waals surface area contributed by atoms with Crippen LogP contribution in [0.5, 0.6) is 0 Å². The van der Waals surface area contributed by atoms with Crippen molar-refractivity contribution in [1.29, 1.82) is 0 Å². The smallest absolute Gasteiger partial charge is 0.329 e. The molecule has 2 aliphatic rings. The summed E-state index contributed by atoms with van der Waals surface area (Å²) in [5, 5.41) is 24.2. The van der Waals surface area contributed by atoms with Crippen molar-refractivity contribution < 1.29 is 10.0 Å². The molecule has 19 heavy (non-hydrogen) atoms. The van der Waals surface area contributed by atoms with Crippen LogP contribution in [0.25, 0.3) is 0 Å². The van der Waals surface area contributed by atoms with Crippen molar-refractivity contribution in [3.63, 3.8) is 0 Å². The maximum Gasteiger partial charge on any atom is 0.329 e. The molecule has 3 rings (SSSR count). The Balaban J connectivity index is 1.92. The van der Waals surface area contributed by atoms with Crippen LogP contribution in [-0.2, 0) is 0 Å². The monoisotopic (exact) mass is 284 g/mol. The SMILES string of the molecule is O=[N+]([O-])c1cnc(Cl)nc1NC12CCC(O)(CC1)C2. The molecule has 1 aromatic rings. The second kappa shape index (κ2) is 4.01. The fourth-order valence-electron chi connectivity index (χ4n) is 3.18. The average Bonchev–Trinajstić information content (AvgIpc) is 2.82. The van der Waals surface area contributed by atoms with Crippen LogP contribution in [0.3, 0.4) is 0 Å². The van der Waals surface area contributed by atoms with Crippen molar-refractivity contribution in [2.45, 2.75) is 43.2 Å². The first-order chi connectivity index (χ1) is 8.91. The predicted octanol–water partition coefficient (Wildman–Crippen LogP) is 1.90. The number of hydrogen-bond acceptors (Lipinski definition) is 6. The number of nitrogens with one attached hydrogen (secondary N) is 1. The second-order valence-corrected chi connectivity index (χ2v) is 5.77. The summed E-state index contributed by atoms with van der Waals surface area (Å²) >= 11 is 5.70. The van der Waals surface area contributed by atoms with Gasteiger partial charge in [0.15, 0.2) is 0 Å². The van der Waals surface area contributed by atoms with Crippen LogP contribution in [0, 0.1) is 10.1 Å². The standard InChI is InChI=1S/C11H13ClN4O3/c12-9-13-5-7(16(18)19)8(14-9)15-10-1-3-11(17,6-10)4-2-10/h5,17H,1-4,6H2,(H,13,14,15). The zero-order valence-electron chi connectivity index (χ0n) is 10.1. The number of halogens is 1. The summed E-state index contributed by atoms with van der Waals surface area (Å²) in [6.07, 6.45) is 4.69. The van der Waals surface area contributed by atoms with E-state index in [9.17, 15) is 15.2 Å². The summed E-state index contributed by atoms with van der Waals surface area (Å²) in [7, 11) is 0. The lowest BCUT2D eigenvalue weighted by atomic mass is 9.93. The maximum atomic E-state index is 11.0. The zero-order chi connectivity index (χ0) is 13.7. The van der Waals surface area contributed by atoms with Gasteiger partial charge in [0.2, 0.25) is 11.1 Å². The Hall–Kier alpha value is -1.47. The summed E-state index contributed by atoms with van der Waals surface area (Å²) in [5.74, 6) is 0.135. The molecule has 0 atom stereocenters. The Labute approximate surface area is 114 Å². The Morgan fingerprint density at radius 2 is 2.11 bits per heavy atom. The average molecular weight is 285 g/mol. The van der Waals surface area contributed by atoms with Gasteiger partial charge in [-0.15, -0.1) is 0 Å². The van der Waals surface area contributed by atoms with E-state index >= 15 is 0 Å². The minimum atomic E-state index is -0.626. The van der Waals surface area contributed by atoms with E-state index in [-0.39, 0.29) is 22.3 Å². The lowest BCUT2D eigenvalue weighted by molar-refractivity contribution is -0.384. The van der Waals surface area contributed by atoms with Crippen molar-refractivity contribution in [2.24, 2.45) is 0 Å². The summed E-state index contributed by atoms with van der Waals surface area (Å²) in [4.78, 5) is 18.0. The van der Waals surface area contributed by atoms with Gasteiger partial charge in [-0.2, -0.15) is 4.98 Å². The largest absolute Gasteiger partial charge is 0.390 e. The first-order valence-corrected chi connectivity index (χ1v) is 6.47. The molecule has 0 saturated heterocycles. The normalized spacial score (nSPS) is 32.5. The van der Waals surface area contributed by atoms with Gasteiger partial charge in [0, 0.05) is 5.54 Å². The fraction of sp³-hybridized carbons (Fsp3) is 0.636. The van der Waals surface area contributed by atoms with Crippen LogP contribution in [0.15, 0.2) is 6.20 Å². The van der Waals surface area contributed by atoms with Crippen LogP contribution in [0.4, 0.5) is 11.5 Å². The van der Waals surface area contributed by atoms with E-state index in [0.29, 0.717) is 19.3 Å². The lowest BCUT2D eigenvalue weighted by Gasteiger charge is -2.27. The van der Waals surface area contributed by atoms with Crippen LogP contribution in [0.1, 0.15) is 32.1 Å². The molecule has 0 unspecified atom stereocenters. The van der Waals surface area contributed by atoms with Crippen molar-refractivity contribution >= 4 is 23.1 Å². The number of aliphatic hydroxyl groups is 1. The first-order valence-electron chi connectivity index (χ1n) is 6.09. The number of nitrogens with zero attached hydrogens (tertiary/aromatic N) is 3. The van der Waals surface area contributed by atoms with Crippen molar-refractivity contribution in [1.82, 2.24) is 9.97 Å². The molecule has 0 radical (unpaired) electrons. The van der Waals surface area contributed by atoms with Gasteiger partial charge in [0.25, 0.3) is 0 Å². The van der Waals surface area contributed by atoms with Crippen LogP contribution < -0.4 is 5.32 Å². The van der Waals surface area contributed by atoms with Crippen molar-refractivity contribution in [2.75, 3.05) is 5.32 Å². The molecule has 2 fully saturated rings. The molecule has 8 heteroatoms. The predicted molar refractivity (Wildman–Crippen MR) is 68.1 cm³/mol.